The van der Waals surface area contributed by atoms with Crippen molar-refractivity contribution in [1.82, 2.24) is 15.2 Å². The summed E-state index contributed by atoms with van der Waals surface area (Å²) in [5.74, 6) is -0.944. The normalized spacial score (nSPS) is 15.0. The van der Waals surface area contributed by atoms with Gasteiger partial charge in [0.2, 0.25) is 0 Å². The maximum absolute atomic E-state index is 12.5. The van der Waals surface area contributed by atoms with Crippen LogP contribution in [-0.4, -0.2) is 45.0 Å². The molecule has 9 nitrogen and oxygen atoms in total. The van der Waals surface area contributed by atoms with Gasteiger partial charge in [0.15, 0.2) is 0 Å². The number of aromatic nitrogens is 1. The molecule has 0 saturated carbocycles. The maximum Gasteiger partial charge on any atom is 0.293 e. The van der Waals surface area contributed by atoms with Crippen LogP contribution in [0.1, 0.15) is 21.7 Å². The number of nitro groups is 1. The van der Waals surface area contributed by atoms with Crippen molar-refractivity contribution in [2.75, 3.05) is 13.1 Å². The Bertz CT molecular complexity index is 1090. The standard InChI is InChI=1S/C19H15ClN4O5S/c1-11-3-2-4-14(22-11)17(25)21-7-8-23-18(26)16(30-19(23)27)10-12-5-6-13(20)15(9-12)24(28)29/h2-6,9-10H,7-8H2,1H3,(H,21,25). The average molecular weight is 447 g/mol. The second-order valence-electron chi connectivity index (χ2n) is 6.22. The average Bonchev–Trinajstić information content (AvgIpc) is 2.96. The van der Waals surface area contributed by atoms with Gasteiger partial charge in [-0.3, -0.25) is 29.4 Å². The second-order valence-corrected chi connectivity index (χ2v) is 7.62. The molecule has 1 aliphatic heterocycles. The molecule has 0 spiro atoms. The van der Waals surface area contributed by atoms with E-state index in [1.807, 2.05) is 0 Å². The molecule has 0 unspecified atom stereocenters. The number of aryl methyl sites for hydroxylation is 1. The van der Waals surface area contributed by atoms with E-state index in [2.05, 4.69) is 10.3 Å². The SMILES string of the molecule is Cc1cccc(C(=O)NCCN2C(=O)SC(=Cc3ccc(Cl)c([N+](=O)[O-])c3)C2=O)n1. The zero-order chi connectivity index (χ0) is 21.8. The van der Waals surface area contributed by atoms with Gasteiger partial charge in [-0.1, -0.05) is 23.7 Å². The highest BCUT2D eigenvalue weighted by Crippen LogP contribution is 2.33. The van der Waals surface area contributed by atoms with Crippen molar-refractivity contribution in [1.29, 1.82) is 0 Å². The van der Waals surface area contributed by atoms with Gasteiger partial charge in [0.1, 0.15) is 10.7 Å². The molecule has 0 atom stereocenters. The topological polar surface area (TPSA) is 123 Å². The summed E-state index contributed by atoms with van der Waals surface area (Å²) in [4.78, 5) is 52.4. The van der Waals surface area contributed by atoms with Gasteiger partial charge in [-0.05, 0) is 48.5 Å². The van der Waals surface area contributed by atoms with Crippen LogP contribution in [0.3, 0.4) is 0 Å². The number of pyridine rings is 1. The molecule has 0 aliphatic carbocycles. The highest BCUT2D eigenvalue weighted by molar-refractivity contribution is 8.18. The van der Waals surface area contributed by atoms with Crippen molar-refractivity contribution >= 4 is 52.2 Å². The summed E-state index contributed by atoms with van der Waals surface area (Å²) >= 11 is 6.51. The zero-order valence-corrected chi connectivity index (χ0v) is 17.2. The first-order valence-corrected chi connectivity index (χ1v) is 9.87. The molecule has 1 aliphatic rings. The summed E-state index contributed by atoms with van der Waals surface area (Å²) in [6.07, 6.45) is 1.39. The minimum Gasteiger partial charge on any atom is -0.349 e. The number of thioether (sulfide) groups is 1. The van der Waals surface area contributed by atoms with Crippen LogP contribution in [0.4, 0.5) is 10.5 Å². The largest absolute Gasteiger partial charge is 0.349 e. The number of nitrogens with zero attached hydrogens (tertiary/aromatic N) is 3. The second kappa shape index (κ2) is 9.06. The lowest BCUT2D eigenvalue weighted by Crippen LogP contribution is -2.37. The predicted molar refractivity (Wildman–Crippen MR) is 112 cm³/mol. The Morgan fingerprint density at radius 2 is 2.10 bits per heavy atom. The predicted octanol–water partition coefficient (Wildman–Crippen LogP) is 3.42. The molecule has 1 N–H and O–H groups in total. The fourth-order valence-electron chi connectivity index (χ4n) is 2.64. The lowest BCUT2D eigenvalue weighted by atomic mass is 10.2. The van der Waals surface area contributed by atoms with E-state index in [-0.39, 0.29) is 34.4 Å². The Labute approximate surface area is 180 Å². The summed E-state index contributed by atoms with van der Waals surface area (Å²) in [6, 6.07) is 9.13. The number of halogens is 1. The molecule has 2 heterocycles. The van der Waals surface area contributed by atoms with Gasteiger partial charge in [0.05, 0.1) is 9.83 Å². The molecule has 3 rings (SSSR count). The molecule has 1 fully saturated rings. The van der Waals surface area contributed by atoms with Crippen LogP contribution >= 0.6 is 23.4 Å². The van der Waals surface area contributed by atoms with Gasteiger partial charge >= 0.3 is 0 Å². The molecule has 3 amide bonds. The van der Waals surface area contributed by atoms with Crippen molar-refractivity contribution in [3.05, 3.63) is 73.4 Å². The molecular formula is C19H15ClN4O5S. The van der Waals surface area contributed by atoms with Crippen LogP contribution in [0.25, 0.3) is 6.08 Å². The fraction of sp³-hybridized carbons (Fsp3) is 0.158. The van der Waals surface area contributed by atoms with E-state index in [0.29, 0.717) is 11.3 Å². The molecule has 1 aromatic heterocycles. The van der Waals surface area contributed by atoms with Gasteiger partial charge < -0.3 is 5.32 Å². The van der Waals surface area contributed by atoms with Crippen molar-refractivity contribution in [3.8, 4) is 0 Å². The number of benzene rings is 1. The number of hydrogen-bond donors (Lipinski definition) is 1. The molecule has 0 bridgehead atoms. The van der Waals surface area contributed by atoms with E-state index in [9.17, 15) is 24.5 Å². The van der Waals surface area contributed by atoms with E-state index in [4.69, 9.17) is 11.6 Å². The van der Waals surface area contributed by atoms with Crippen LogP contribution < -0.4 is 5.32 Å². The molecule has 11 heteroatoms. The highest BCUT2D eigenvalue weighted by Gasteiger charge is 2.34. The molecule has 154 valence electrons. The van der Waals surface area contributed by atoms with Crippen LogP contribution in [0.15, 0.2) is 41.3 Å². The molecular weight excluding hydrogens is 432 g/mol. The summed E-state index contributed by atoms with van der Waals surface area (Å²) in [6.45, 7) is 1.81. The molecule has 0 radical (unpaired) electrons. The van der Waals surface area contributed by atoms with Crippen LogP contribution in [-0.2, 0) is 4.79 Å². The lowest BCUT2D eigenvalue weighted by molar-refractivity contribution is -0.384. The van der Waals surface area contributed by atoms with E-state index < -0.39 is 22.0 Å². The first kappa shape index (κ1) is 21.5. The molecule has 1 aromatic carbocycles. The minimum atomic E-state index is -0.628. The van der Waals surface area contributed by atoms with E-state index in [0.717, 1.165) is 16.7 Å². The van der Waals surface area contributed by atoms with Crippen molar-refractivity contribution in [2.24, 2.45) is 0 Å². The van der Waals surface area contributed by atoms with Gasteiger partial charge in [0.25, 0.3) is 22.7 Å². The number of amides is 3. The molecule has 2 aromatic rings. The first-order chi connectivity index (χ1) is 14.3. The Hall–Kier alpha value is -3.24. The summed E-state index contributed by atoms with van der Waals surface area (Å²) in [5, 5.41) is 13.1. The molecule has 1 saturated heterocycles. The summed E-state index contributed by atoms with van der Waals surface area (Å²) in [5.41, 5.74) is 1.02. The summed E-state index contributed by atoms with van der Waals surface area (Å²) < 4.78 is 0. The molecule has 30 heavy (non-hydrogen) atoms. The van der Waals surface area contributed by atoms with Gasteiger partial charge in [0, 0.05) is 24.8 Å². The van der Waals surface area contributed by atoms with Gasteiger partial charge in [-0.2, -0.15) is 0 Å². The Balaban J connectivity index is 1.65. The van der Waals surface area contributed by atoms with Crippen LogP contribution in [0.2, 0.25) is 5.02 Å². The zero-order valence-electron chi connectivity index (χ0n) is 15.6. The summed E-state index contributed by atoms with van der Waals surface area (Å²) in [7, 11) is 0. The monoisotopic (exact) mass is 446 g/mol. The number of nitrogens with one attached hydrogen (secondary N) is 1. The highest BCUT2D eigenvalue weighted by atomic mass is 35.5. The number of imide groups is 1. The number of rotatable bonds is 6. The fourth-order valence-corrected chi connectivity index (χ4v) is 3.70. The van der Waals surface area contributed by atoms with Crippen molar-refractivity contribution in [3.63, 3.8) is 0 Å². The van der Waals surface area contributed by atoms with Gasteiger partial charge in [-0.25, -0.2) is 4.98 Å². The number of carbonyl (C=O) groups excluding carboxylic acids is 3. The Morgan fingerprint density at radius 3 is 2.80 bits per heavy atom. The van der Waals surface area contributed by atoms with Crippen molar-refractivity contribution in [2.45, 2.75) is 6.92 Å². The van der Waals surface area contributed by atoms with Gasteiger partial charge in [-0.15, -0.1) is 0 Å². The number of nitro benzene ring substituents is 1. The third-order valence-corrected chi connectivity index (χ3v) is 5.31. The Morgan fingerprint density at radius 1 is 1.33 bits per heavy atom. The lowest BCUT2D eigenvalue weighted by Gasteiger charge is -2.12. The third-order valence-electron chi connectivity index (χ3n) is 4.08. The van der Waals surface area contributed by atoms with Crippen LogP contribution in [0.5, 0.6) is 0 Å². The number of carbonyl (C=O) groups is 3. The van der Waals surface area contributed by atoms with Crippen LogP contribution in [0, 0.1) is 17.0 Å². The minimum absolute atomic E-state index is 0.0136. The van der Waals surface area contributed by atoms with E-state index in [1.54, 1.807) is 25.1 Å². The van der Waals surface area contributed by atoms with E-state index in [1.165, 1.54) is 24.3 Å². The first-order valence-electron chi connectivity index (χ1n) is 8.67. The maximum atomic E-state index is 12.5. The quantitative estimate of drug-likeness (QED) is 0.409. The smallest absolute Gasteiger partial charge is 0.293 e. The van der Waals surface area contributed by atoms with E-state index >= 15 is 0 Å². The third kappa shape index (κ3) is 4.84. The Kier molecular flexibility index (Phi) is 6.48. The van der Waals surface area contributed by atoms with Crippen molar-refractivity contribution < 1.29 is 19.3 Å². The number of hydrogen-bond acceptors (Lipinski definition) is 7.